The Bertz CT molecular complexity index is 1840. The summed E-state index contributed by atoms with van der Waals surface area (Å²) in [5, 5.41) is 32.3. The smallest absolute Gasteiger partial charge is 0.407 e. The number of aromatic carboxylic acids is 1. The fraction of sp³-hybridized carbons (Fsp3) is 0.395. The molecule has 0 spiro atoms. The Kier molecular flexibility index (Phi) is 11.5. The van der Waals surface area contributed by atoms with E-state index in [4.69, 9.17) is 4.74 Å². The predicted molar refractivity (Wildman–Crippen MR) is 192 cm³/mol. The molecule has 4 aromatic rings. The van der Waals surface area contributed by atoms with E-state index in [2.05, 4.69) is 36.6 Å². The van der Waals surface area contributed by atoms with E-state index in [1.165, 1.54) is 0 Å². The van der Waals surface area contributed by atoms with Crippen LogP contribution in [0.1, 0.15) is 73.5 Å². The molecule has 1 atom stereocenters. The van der Waals surface area contributed by atoms with Gasteiger partial charge >= 0.3 is 12.1 Å². The van der Waals surface area contributed by atoms with Gasteiger partial charge in [0.05, 0.1) is 5.56 Å². The van der Waals surface area contributed by atoms with Crippen molar-refractivity contribution in [1.82, 2.24) is 31.3 Å². The third-order valence-corrected chi connectivity index (χ3v) is 9.26. The number of carboxylic acid groups (broad SMARTS) is 1. The van der Waals surface area contributed by atoms with Crippen molar-refractivity contribution in [3.63, 3.8) is 0 Å². The molecule has 0 bridgehead atoms. The Balaban J connectivity index is 1.26. The van der Waals surface area contributed by atoms with Crippen LogP contribution in [0.3, 0.4) is 0 Å². The third-order valence-electron chi connectivity index (χ3n) is 9.26. The van der Waals surface area contributed by atoms with E-state index in [1.54, 1.807) is 37.3 Å². The number of nitrogens with one attached hydrogen (secondary N) is 4. The molecule has 0 radical (unpaired) electrons. The Labute approximate surface area is 297 Å². The number of amides is 3. The zero-order valence-corrected chi connectivity index (χ0v) is 29.6. The number of carbonyl (C=O) groups is 4. The van der Waals surface area contributed by atoms with Crippen molar-refractivity contribution in [3.8, 4) is 22.5 Å². The molecule has 0 aliphatic heterocycles. The van der Waals surface area contributed by atoms with Gasteiger partial charge in [-0.15, -0.1) is 10.2 Å². The molecule has 5 rings (SSSR count). The number of hydrogen-bond acceptors (Lipinski definition) is 8. The molecule has 0 unspecified atom stereocenters. The maximum absolute atomic E-state index is 13.7. The molecule has 1 heterocycles. The first-order valence-corrected chi connectivity index (χ1v) is 17.1. The van der Waals surface area contributed by atoms with Crippen molar-refractivity contribution in [2.45, 2.75) is 78.4 Å². The van der Waals surface area contributed by atoms with E-state index in [0.29, 0.717) is 36.5 Å². The summed E-state index contributed by atoms with van der Waals surface area (Å²) >= 11 is 0. The summed E-state index contributed by atoms with van der Waals surface area (Å²) in [5.74, 6) is -1.08. The van der Waals surface area contributed by atoms with Crippen molar-refractivity contribution in [3.05, 3.63) is 82.9 Å². The summed E-state index contributed by atoms with van der Waals surface area (Å²) in [6.45, 7) is 9.64. The molecule has 13 nitrogen and oxygen atoms in total. The molecule has 13 heteroatoms. The number of nitrogens with zero attached hydrogens (tertiary/aromatic N) is 3. The number of rotatable bonds is 11. The number of aromatic amines is 1. The van der Waals surface area contributed by atoms with Crippen LogP contribution < -0.4 is 16.0 Å². The SMILES string of the molecule is Cc1c(C(=O)O)ccc(-c2ccc(C[C@H](NC(=O)C3CCC(CNC(=O)OC(C)(C)C)CC3)C(=O)Nc3ccc(-c4nn[nH]n4)cc3)cc2)c1C. The molecule has 3 amide bonds. The molecule has 1 aliphatic carbocycles. The van der Waals surface area contributed by atoms with Gasteiger partial charge in [0, 0.05) is 30.1 Å². The van der Waals surface area contributed by atoms with Crippen LogP contribution in [0.5, 0.6) is 0 Å². The maximum atomic E-state index is 13.7. The lowest BCUT2D eigenvalue weighted by Crippen LogP contribution is -2.48. The highest BCUT2D eigenvalue weighted by Crippen LogP contribution is 2.30. The fourth-order valence-corrected chi connectivity index (χ4v) is 6.31. The highest BCUT2D eigenvalue weighted by Gasteiger charge is 2.30. The topological polar surface area (TPSA) is 188 Å². The van der Waals surface area contributed by atoms with Crippen LogP contribution in [0, 0.1) is 25.7 Å². The molecular formula is C38H45N7O6. The number of aromatic nitrogens is 4. The number of alkyl carbamates (subject to hydrolysis) is 1. The zero-order chi connectivity index (χ0) is 36.7. The average Bonchev–Trinajstić information content (AvgIpc) is 3.64. The average molecular weight is 696 g/mol. The Morgan fingerprint density at radius 2 is 1.57 bits per heavy atom. The molecule has 1 aromatic heterocycles. The first-order chi connectivity index (χ1) is 24.3. The first kappa shape index (κ1) is 36.7. The lowest BCUT2D eigenvalue weighted by atomic mass is 9.81. The van der Waals surface area contributed by atoms with Crippen LogP contribution >= 0.6 is 0 Å². The number of H-pyrrole nitrogens is 1. The normalized spacial score (nSPS) is 16.5. The fourth-order valence-electron chi connectivity index (χ4n) is 6.31. The molecule has 1 aliphatic rings. The number of ether oxygens (including phenoxy) is 1. The van der Waals surface area contributed by atoms with E-state index in [9.17, 15) is 24.3 Å². The highest BCUT2D eigenvalue weighted by molar-refractivity contribution is 5.98. The van der Waals surface area contributed by atoms with Gasteiger partial charge in [-0.25, -0.2) is 9.59 Å². The lowest BCUT2D eigenvalue weighted by Gasteiger charge is -2.29. The van der Waals surface area contributed by atoms with Crippen LogP contribution in [0.4, 0.5) is 10.5 Å². The Morgan fingerprint density at radius 1 is 0.902 bits per heavy atom. The minimum absolute atomic E-state index is 0.178. The van der Waals surface area contributed by atoms with Gasteiger partial charge in [0.1, 0.15) is 11.6 Å². The summed E-state index contributed by atoms with van der Waals surface area (Å²) in [7, 11) is 0. The standard InChI is InChI=1S/C38H45N7O6/c1-22-23(2)31(36(48)49)19-18-30(22)26-10-6-24(7-11-26)20-32(35(47)40-29-16-14-27(15-17-29)33-42-44-45-43-33)41-34(46)28-12-8-25(9-13-28)21-39-37(50)51-38(3,4)5/h6-7,10-11,14-19,25,28,32H,8-9,12-13,20-21H2,1-5H3,(H,39,50)(H,40,47)(H,41,46)(H,48,49)(H,42,43,44,45)/t25?,28?,32-/m0/s1. The van der Waals surface area contributed by atoms with Crippen LogP contribution in [0.25, 0.3) is 22.5 Å². The number of tetrazole rings is 1. The van der Waals surface area contributed by atoms with Gasteiger partial charge in [-0.05, 0) is 130 Å². The second kappa shape index (κ2) is 16.0. The molecule has 0 saturated heterocycles. The minimum atomic E-state index is -0.963. The van der Waals surface area contributed by atoms with Gasteiger partial charge in [0.15, 0.2) is 0 Å². The van der Waals surface area contributed by atoms with Gasteiger partial charge in [0.25, 0.3) is 0 Å². The summed E-state index contributed by atoms with van der Waals surface area (Å²) < 4.78 is 5.34. The van der Waals surface area contributed by atoms with Gasteiger partial charge in [0.2, 0.25) is 17.6 Å². The number of carboxylic acids is 1. The minimum Gasteiger partial charge on any atom is -0.478 e. The monoisotopic (exact) mass is 695 g/mol. The molecular weight excluding hydrogens is 650 g/mol. The maximum Gasteiger partial charge on any atom is 0.407 e. The van der Waals surface area contributed by atoms with E-state index < -0.39 is 23.7 Å². The molecule has 3 aromatic carbocycles. The van der Waals surface area contributed by atoms with E-state index in [-0.39, 0.29) is 35.6 Å². The molecule has 1 fully saturated rings. The molecule has 1 saturated carbocycles. The Morgan fingerprint density at radius 3 is 2.18 bits per heavy atom. The van der Waals surface area contributed by atoms with E-state index in [1.807, 2.05) is 58.0 Å². The number of carbonyl (C=O) groups excluding carboxylic acids is 3. The zero-order valence-electron chi connectivity index (χ0n) is 29.6. The third kappa shape index (κ3) is 9.77. The number of benzene rings is 3. The summed E-state index contributed by atoms with van der Waals surface area (Å²) in [4.78, 5) is 51.0. The second-order valence-corrected chi connectivity index (χ2v) is 14.1. The van der Waals surface area contributed by atoms with E-state index >= 15 is 0 Å². The largest absolute Gasteiger partial charge is 0.478 e. The van der Waals surface area contributed by atoms with Crippen molar-refractivity contribution in [2.75, 3.05) is 11.9 Å². The number of hydrogen-bond donors (Lipinski definition) is 5. The van der Waals surface area contributed by atoms with Crippen LogP contribution in [-0.4, -0.2) is 67.8 Å². The van der Waals surface area contributed by atoms with Gasteiger partial charge < -0.3 is 25.8 Å². The summed E-state index contributed by atoms with van der Waals surface area (Å²) in [5.41, 5.74) is 5.26. The summed E-state index contributed by atoms with van der Waals surface area (Å²) in [6, 6.07) is 17.3. The van der Waals surface area contributed by atoms with Gasteiger partial charge in [-0.1, -0.05) is 30.3 Å². The van der Waals surface area contributed by atoms with Gasteiger partial charge in [-0.3, -0.25) is 9.59 Å². The molecule has 5 N–H and O–H groups in total. The second-order valence-electron chi connectivity index (χ2n) is 14.1. The quantitative estimate of drug-likeness (QED) is 0.128. The van der Waals surface area contributed by atoms with Crippen molar-refractivity contribution >= 4 is 29.6 Å². The van der Waals surface area contributed by atoms with Crippen LogP contribution in [-0.2, 0) is 20.7 Å². The molecule has 268 valence electrons. The van der Waals surface area contributed by atoms with E-state index in [0.717, 1.165) is 40.7 Å². The van der Waals surface area contributed by atoms with Crippen molar-refractivity contribution in [2.24, 2.45) is 11.8 Å². The lowest BCUT2D eigenvalue weighted by molar-refractivity contribution is -0.130. The Hall–Kier alpha value is -5.59. The van der Waals surface area contributed by atoms with Crippen molar-refractivity contribution < 1.29 is 29.0 Å². The van der Waals surface area contributed by atoms with Crippen LogP contribution in [0.2, 0.25) is 0 Å². The summed E-state index contributed by atoms with van der Waals surface area (Å²) in [6.07, 6.45) is 2.63. The first-order valence-electron chi connectivity index (χ1n) is 17.1. The number of anilines is 1. The van der Waals surface area contributed by atoms with Gasteiger partial charge in [-0.2, -0.15) is 5.21 Å². The van der Waals surface area contributed by atoms with Crippen LogP contribution in [0.15, 0.2) is 60.7 Å². The molecule has 51 heavy (non-hydrogen) atoms. The highest BCUT2D eigenvalue weighted by atomic mass is 16.6. The predicted octanol–water partition coefficient (Wildman–Crippen LogP) is 5.85. The van der Waals surface area contributed by atoms with Crippen molar-refractivity contribution in [1.29, 1.82) is 0 Å².